The summed E-state index contributed by atoms with van der Waals surface area (Å²) >= 11 is 0. The van der Waals surface area contributed by atoms with Crippen molar-refractivity contribution in [1.29, 1.82) is 0 Å². The number of hydrogen-bond donors (Lipinski definition) is 1. The first kappa shape index (κ1) is 15.2. The van der Waals surface area contributed by atoms with Crippen LogP contribution in [0.4, 0.5) is 0 Å². The summed E-state index contributed by atoms with van der Waals surface area (Å²) < 4.78 is 29.3. The number of rotatable bonds is 6. The quantitative estimate of drug-likeness (QED) is 0.864. The largest absolute Gasteiger partial charge is 0.478 e. The summed E-state index contributed by atoms with van der Waals surface area (Å²) in [6, 6.07) is 5.16. The lowest BCUT2D eigenvalue weighted by Crippen LogP contribution is -2.07. The van der Waals surface area contributed by atoms with E-state index >= 15 is 0 Å². The Morgan fingerprint density at radius 1 is 1.38 bits per heavy atom. The highest BCUT2D eigenvalue weighted by molar-refractivity contribution is 7.90. The minimum absolute atomic E-state index is 0.000761. The molecule has 1 aromatic carbocycles. The van der Waals surface area contributed by atoms with Crippen molar-refractivity contribution in [2.45, 2.75) is 30.4 Å². The molecule has 0 saturated heterocycles. The number of carbonyl (C=O) groups is 1. The van der Waals surface area contributed by atoms with E-state index in [2.05, 4.69) is 10.1 Å². The number of benzene rings is 1. The van der Waals surface area contributed by atoms with Crippen LogP contribution in [0.3, 0.4) is 0 Å². The summed E-state index contributed by atoms with van der Waals surface area (Å²) in [6.07, 6.45) is 1.43. The molecule has 21 heavy (non-hydrogen) atoms. The van der Waals surface area contributed by atoms with Crippen molar-refractivity contribution < 1.29 is 22.8 Å². The van der Waals surface area contributed by atoms with Gasteiger partial charge in [-0.2, -0.15) is 4.98 Å². The van der Waals surface area contributed by atoms with Gasteiger partial charge in [0.15, 0.2) is 15.7 Å². The van der Waals surface area contributed by atoms with Gasteiger partial charge in [0.25, 0.3) is 0 Å². The highest BCUT2D eigenvalue weighted by atomic mass is 32.2. The van der Waals surface area contributed by atoms with Crippen molar-refractivity contribution in [2.75, 3.05) is 0 Å². The van der Waals surface area contributed by atoms with Crippen LogP contribution in [-0.2, 0) is 22.0 Å². The summed E-state index contributed by atoms with van der Waals surface area (Å²) in [6.45, 7) is 1.95. The fourth-order valence-corrected chi connectivity index (χ4v) is 2.94. The molecule has 0 spiro atoms. The summed E-state index contributed by atoms with van der Waals surface area (Å²) in [4.78, 5) is 14.8. The highest BCUT2D eigenvalue weighted by Crippen LogP contribution is 2.17. The van der Waals surface area contributed by atoms with E-state index in [-0.39, 0.29) is 16.3 Å². The number of hydrogen-bond acceptors (Lipinski definition) is 6. The predicted octanol–water partition coefficient (Wildman–Crippen LogP) is 1.69. The van der Waals surface area contributed by atoms with Gasteiger partial charge in [0.2, 0.25) is 5.89 Å². The Morgan fingerprint density at radius 3 is 2.81 bits per heavy atom. The van der Waals surface area contributed by atoms with Crippen molar-refractivity contribution in [1.82, 2.24) is 10.1 Å². The lowest BCUT2D eigenvalue weighted by molar-refractivity contribution is 0.0696. The molecule has 0 radical (unpaired) electrons. The van der Waals surface area contributed by atoms with Crippen LogP contribution in [0.5, 0.6) is 0 Å². The molecule has 0 fully saturated rings. The minimum Gasteiger partial charge on any atom is -0.478 e. The normalized spacial score (nSPS) is 11.5. The first-order valence-electron chi connectivity index (χ1n) is 6.30. The number of aryl methyl sites for hydroxylation is 1. The van der Waals surface area contributed by atoms with Crippen LogP contribution >= 0.6 is 0 Å². The van der Waals surface area contributed by atoms with E-state index in [1.54, 1.807) is 0 Å². The van der Waals surface area contributed by atoms with E-state index in [4.69, 9.17) is 9.63 Å². The summed E-state index contributed by atoms with van der Waals surface area (Å²) in [5.74, 6) is -1.18. The smallest absolute Gasteiger partial charge is 0.335 e. The maximum Gasteiger partial charge on any atom is 0.335 e. The molecule has 2 aromatic rings. The number of sulfone groups is 1. The fourth-order valence-electron chi connectivity index (χ4n) is 1.74. The molecule has 0 aliphatic rings. The van der Waals surface area contributed by atoms with Gasteiger partial charge in [0.1, 0.15) is 5.75 Å². The van der Waals surface area contributed by atoms with Crippen molar-refractivity contribution in [3.05, 3.63) is 41.5 Å². The third-order valence-electron chi connectivity index (χ3n) is 2.74. The molecule has 0 aliphatic carbocycles. The lowest BCUT2D eigenvalue weighted by atomic mass is 10.2. The van der Waals surface area contributed by atoms with E-state index < -0.39 is 21.6 Å². The molecule has 0 bridgehead atoms. The van der Waals surface area contributed by atoms with Crippen LogP contribution in [0.1, 0.15) is 35.4 Å². The van der Waals surface area contributed by atoms with Crippen LogP contribution in [-0.4, -0.2) is 29.6 Å². The summed E-state index contributed by atoms with van der Waals surface area (Å²) in [5, 5.41) is 12.6. The Balaban J connectivity index is 2.25. The van der Waals surface area contributed by atoms with Gasteiger partial charge in [-0.25, -0.2) is 13.2 Å². The number of carboxylic acids is 1. The molecular formula is C13H14N2O5S. The molecule has 0 saturated carbocycles. The van der Waals surface area contributed by atoms with E-state index in [0.29, 0.717) is 12.2 Å². The summed E-state index contributed by atoms with van der Waals surface area (Å²) in [5.41, 5.74) is -0.0896. The molecule has 1 heterocycles. The third kappa shape index (κ3) is 3.66. The van der Waals surface area contributed by atoms with Crippen molar-refractivity contribution >= 4 is 15.8 Å². The van der Waals surface area contributed by atoms with Crippen LogP contribution in [0, 0.1) is 0 Å². The van der Waals surface area contributed by atoms with Crippen molar-refractivity contribution in [2.24, 2.45) is 0 Å². The van der Waals surface area contributed by atoms with Gasteiger partial charge in [-0.3, -0.25) is 0 Å². The van der Waals surface area contributed by atoms with Gasteiger partial charge in [0, 0.05) is 6.42 Å². The number of aromatic nitrogens is 2. The van der Waals surface area contributed by atoms with Gasteiger partial charge < -0.3 is 9.63 Å². The van der Waals surface area contributed by atoms with Crippen molar-refractivity contribution in [3.63, 3.8) is 0 Å². The highest BCUT2D eigenvalue weighted by Gasteiger charge is 2.20. The SMILES string of the molecule is CCCc1noc(CS(=O)(=O)c2cccc(C(=O)O)c2)n1. The maximum absolute atomic E-state index is 12.2. The molecule has 0 aliphatic heterocycles. The summed E-state index contributed by atoms with van der Waals surface area (Å²) in [7, 11) is -3.73. The molecule has 1 aromatic heterocycles. The molecule has 1 N–H and O–H groups in total. The van der Waals surface area contributed by atoms with E-state index in [9.17, 15) is 13.2 Å². The average Bonchev–Trinajstić information content (AvgIpc) is 2.86. The Kier molecular flexibility index (Phi) is 4.37. The lowest BCUT2D eigenvalue weighted by Gasteiger charge is -2.02. The van der Waals surface area contributed by atoms with Crippen LogP contribution in [0.25, 0.3) is 0 Å². The second kappa shape index (κ2) is 6.04. The average molecular weight is 310 g/mol. The van der Waals surface area contributed by atoms with Crippen LogP contribution in [0.2, 0.25) is 0 Å². The van der Waals surface area contributed by atoms with Gasteiger partial charge in [0.05, 0.1) is 10.5 Å². The number of nitrogens with zero attached hydrogens (tertiary/aromatic N) is 2. The Morgan fingerprint density at radius 2 is 2.14 bits per heavy atom. The van der Waals surface area contributed by atoms with Crippen LogP contribution in [0.15, 0.2) is 33.7 Å². The fraction of sp³-hybridized carbons (Fsp3) is 0.308. The van der Waals surface area contributed by atoms with Gasteiger partial charge in [-0.15, -0.1) is 0 Å². The zero-order valence-electron chi connectivity index (χ0n) is 11.3. The van der Waals surface area contributed by atoms with E-state index in [0.717, 1.165) is 12.5 Å². The molecule has 0 unspecified atom stereocenters. The first-order valence-corrected chi connectivity index (χ1v) is 7.95. The second-order valence-electron chi connectivity index (χ2n) is 4.45. The predicted molar refractivity (Wildman–Crippen MR) is 72.6 cm³/mol. The zero-order chi connectivity index (χ0) is 15.5. The molecule has 7 nitrogen and oxygen atoms in total. The second-order valence-corrected chi connectivity index (χ2v) is 6.44. The number of aromatic carboxylic acids is 1. The standard InChI is InChI=1S/C13H14N2O5S/c1-2-4-11-14-12(20-15-11)8-21(18,19)10-6-3-5-9(7-10)13(16)17/h3,5-7H,2,4,8H2,1H3,(H,16,17). The first-order chi connectivity index (χ1) is 9.92. The van der Waals surface area contributed by atoms with E-state index in [1.165, 1.54) is 18.2 Å². The van der Waals surface area contributed by atoms with E-state index in [1.807, 2.05) is 6.92 Å². The number of carboxylic acid groups (broad SMARTS) is 1. The molecule has 0 amide bonds. The molecular weight excluding hydrogens is 296 g/mol. The van der Waals surface area contributed by atoms with Gasteiger partial charge >= 0.3 is 5.97 Å². The molecule has 0 atom stereocenters. The third-order valence-corrected chi connectivity index (χ3v) is 4.34. The molecule has 2 rings (SSSR count). The van der Waals surface area contributed by atoms with Gasteiger partial charge in [-0.05, 0) is 24.6 Å². The topological polar surface area (TPSA) is 110 Å². The van der Waals surface area contributed by atoms with Gasteiger partial charge in [-0.1, -0.05) is 18.1 Å². The van der Waals surface area contributed by atoms with Crippen molar-refractivity contribution in [3.8, 4) is 0 Å². The zero-order valence-corrected chi connectivity index (χ0v) is 12.1. The minimum atomic E-state index is -3.73. The molecule has 8 heteroatoms. The monoisotopic (exact) mass is 310 g/mol. The molecule has 112 valence electrons. The Hall–Kier alpha value is -2.22. The maximum atomic E-state index is 12.2. The Labute approximate surface area is 121 Å². The Bertz CT molecular complexity index is 751. The van der Waals surface area contributed by atoms with Crippen LogP contribution < -0.4 is 0 Å².